The number of hydrogen-bond donors (Lipinski definition) is 1. The second-order valence-corrected chi connectivity index (χ2v) is 6.30. The molecule has 1 aliphatic rings. The van der Waals surface area contributed by atoms with E-state index in [0.29, 0.717) is 18.1 Å². The highest BCUT2D eigenvalue weighted by molar-refractivity contribution is 7.09. The lowest BCUT2D eigenvalue weighted by atomic mass is 9.75. The zero-order valence-corrected chi connectivity index (χ0v) is 11.6. The van der Waals surface area contributed by atoms with Crippen LogP contribution >= 0.6 is 11.5 Å². The van der Waals surface area contributed by atoms with Gasteiger partial charge in [-0.25, -0.2) is 4.98 Å². The topological polar surface area (TPSA) is 47.0 Å². The van der Waals surface area contributed by atoms with Crippen LogP contribution in [0.1, 0.15) is 45.4 Å². The molecule has 0 spiro atoms. The van der Waals surface area contributed by atoms with Crippen LogP contribution in [0.2, 0.25) is 0 Å². The Labute approximate surface area is 107 Å². The van der Waals surface area contributed by atoms with Crippen LogP contribution in [0.3, 0.4) is 0 Å². The van der Waals surface area contributed by atoms with E-state index >= 15 is 0 Å². The Morgan fingerprint density at radius 3 is 3.06 bits per heavy atom. The summed E-state index contributed by atoms with van der Waals surface area (Å²) in [5.41, 5.74) is 0.454. The van der Waals surface area contributed by atoms with Crippen molar-refractivity contribution in [1.29, 1.82) is 0 Å². The van der Waals surface area contributed by atoms with Gasteiger partial charge in [-0.2, -0.15) is 4.37 Å². The van der Waals surface area contributed by atoms with Crippen LogP contribution in [0, 0.1) is 5.41 Å². The molecule has 1 heterocycles. The van der Waals surface area contributed by atoms with E-state index in [2.05, 4.69) is 28.5 Å². The van der Waals surface area contributed by atoms with Gasteiger partial charge >= 0.3 is 0 Å². The van der Waals surface area contributed by atoms with E-state index < -0.39 is 0 Å². The van der Waals surface area contributed by atoms with E-state index in [1.165, 1.54) is 37.2 Å². The molecular formula is C12H21N3OS. The molecule has 0 amide bonds. The lowest BCUT2D eigenvalue weighted by Crippen LogP contribution is -2.31. The minimum atomic E-state index is 0.454. The molecule has 1 fully saturated rings. The first-order valence-corrected chi connectivity index (χ1v) is 6.94. The van der Waals surface area contributed by atoms with Gasteiger partial charge in [0.2, 0.25) is 5.13 Å². The quantitative estimate of drug-likeness (QED) is 0.898. The fourth-order valence-corrected chi connectivity index (χ4v) is 3.15. The van der Waals surface area contributed by atoms with E-state index in [9.17, 15) is 0 Å². The smallest absolute Gasteiger partial charge is 0.202 e. The first kappa shape index (κ1) is 12.8. The molecule has 1 atom stereocenters. The third kappa shape index (κ3) is 3.64. The van der Waals surface area contributed by atoms with Crippen molar-refractivity contribution < 1.29 is 4.74 Å². The molecule has 1 unspecified atom stereocenters. The molecule has 1 N–H and O–H groups in total. The summed E-state index contributed by atoms with van der Waals surface area (Å²) in [7, 11) is 1.66. The Morgan fingerprint density at radius 1 is 1.53 bits per heavy atom. The molecule has 17 heavy (non-hydrogen) atoms. The van der Waals surface area contributed by atoms with Gasteiger partial charge in [-0.15, -0.1) is 0 Å². The van der Waals surface area contributed by atoms with E-state index in [1.807, 2.05) is 0 Å². The summed E-state index contributed by atoms with van der Waals surface area (Å²) in [6, 6.07) is 0.544. The largest absolute Gasteiger partial charge is 0.377 e. The fourth-order valence-electron chi connectivity index (χ4n) is 2.50. The molecule has 1 aromatic heterocycles. The fraction of sp³-hybridized carbons (Fsp3) is 0.833. The molecule has 0 aromatic carbocycles. The molecule has 4 nitrogen and oxygen atoms in total. The van der Waals surface area contributed by atoms with Gasteiger partial charge in [0.15, 0.2) is 5.82 Å². The van der Waals surface area contributed by atoms with Gasteiger partial charge in [0.1, 0.15) is 6.61 Å². The van der Waals surface area contributed by atoms with Crippen molar-refractivity contribution in [1.82, 2.24) is 9.36 Å². The van der Waals surface area contributed by atoms with E-state index in [4.69, 9.17) is 4.74 Å². The summed E-state index contributed by atoms with van der Waals surface area (Å²) in [6.07, 6.45) is 5.08. The maximum atomic E-state index is 5.02. The molecule has 1 aliphatic carbocycles. The number of methoxy groups -OCH3 is 1. The van der Waals surface area contributed by atoms with Crippen LogP contribution in [-0.4, -0.2) is 22.5 Å². The second-order valence-electron chi connectivity index (χ2n) is 5.55. The van der Waals surface area contributed by atoms with Crippen LogP contribution in [0.25, 0.3) is 0 Å². The van der Waals surface area contributed by atoms with Gasteiger partial charge in [-0.1, -0.05) is 20.3 Å². The molecular weight excluding hydrogens is 234 g/mol. The Hall–Kier alpha value is -0.680. The number of anilines is 1. The second kappa shape index (κ2) is 5.31. The summed E-state index contributed by atoms with van der Waals surface area (Å²) >= 11 is 1.43. The van der Waals surface area contributed by atoms with Gasteiger partial charge in [-0.05, 0) is 24.7 Å². The standard InChI is InChI=1S/C12H21N3OS/c1-12(2)6-4-5-9(7-12)13-11-14-10(8-16-3)15-17-11/h9H,4-8H2,1-3H3,(H,13,14,15). The van der Waals surface area contributed by atoms with Crippen molar-refractivity contribution in [3.8, 4) is 0 Å². The highest BCUT2D eigenvalue weighted by Crippen LogP contribution is 2.36. The Balaban J connectivity index is 1.91. The monoisotopic (exact) mass is 255 g/mol. The number of ether oxygens (including phenoxy) is 1. The molecule has 0 saturated heterocycles. The summed E-state index contributed by atoms with van der Waals surface area (Å²) in [6.45, 7) is 5.18. The molecule has 0 bridgehead atoms. The zero-order valence-electron chi connectivity index (χ0n) is 10.8. The molecule has 2 rings (SSSR count). The van der Waals surface area contributed by atoms with Gasteiger partial charge < -0.3 is 10.1 Å². The van der Waals surface area contributed by atoms with Gasteiger partial charge in [0.05, 0.1) is 0 Å². The Kier molecular flexibility index (Phi) is 3.99. The summed E-state index contributed by atoms with van der Waals surface area (Å²) in [5, 5.41) is 4.43. The van der Waals surface area contributed by atoms with Crippen molar-refractivity contribution in [2.45, 2.75) is 52.2 Å². The van der Waals surface area contributed by atoms with Crippen LogP contribution in [0.4, 0.5) is 5.13 Å². The Morgan fingerprint density at radius 2 is 2.35 bits per heavy atom. The van der Waals surface area contributed by atoms with Gasteiger partial charge in [-0.3, -0.25) is 0 Å². The Bertz CT molecular complexity index is 364. The predicted molar refractivity (Wildman–Crippen MR) is 70.3 cm³/mol. The summed E-state index contributed by atoms with van der Waals surface area (Å²) in [4.78, 5) is 4.41. The zero-order chi connectivity index (χ0) is 12.3. The van der Waals surface area contributed by atoms with E-state index in [1.54, 1.807) is 7.11 Å². The van der Waals surface area contributed by atoms with Gasteiger partial charge in [0, 0.05) is 24.7 Å². The first-order valence-electron chi connectivity index (χ1n) is 6.17. The maximum absolute atomic E-state index is 5.02. The average molecular weight is 255 g/mol. The third-order valence-electron chi connectivity index (χ3n) is 3.27. The number of nitrogens with zero attached hydrogens (tertiary/aromatic N) is 2. The van der Waals surface area contributed by atoms with Crippen molar-refractivity contribution in [2.24, 2.45) is 5.41 Å². The summed E-state index contributed by atoms with van der Waals surface area (Å²) in [5.74, 6) is 0.773. The average Bonchev–Trinajstić information content (AvgIpc) is 2.64. The number of hydrogen-bond acceptors (Lipinski definition) is 5. The predicted octanol–water partition coefficient (Wildman–Crippen LogP) is 3.07. The molecule has 1 aromatic rings. The van der Waals surface area contributed by atoms with E-state index in [0.717, 1.165) is 11.0 Å². The number of rotatable bonds is 4. The molecule has 0 radical (unpaired) electrons. The minimum Gasteiger partial charge on any atom is -0.377 e. The van der Waals surface area contributed by atoms with Crippen molar-refractivity contribution in [2.75, 3.05) is 12.4 Å². The highest BCUT2D eigenvalue weighted by atomic mass is 32.1. The van der Waals surface area contributed by atoms with Crippen molar-refractivity contribution in [3.63, 3.8) is 0 Å². The lowest BCUT2D eigenvalue weighted by Gasteiger charge is -2.35. The molecule has 96 valence electrons. The van der Waals surface area contributed by atoms with Crippen molar-refractivity contribution >= 4 is 16.7 Å². The van der Waals surface area contributed by atoms with Crippen LogP contribution < -0.4 is 5.32 Å². The molecule has 5 heteroatoms. The minimum absolute atomic E-state index is 0.454. The van der Waals surface area contributed by atoms with Crippen LogP contribution in [-0.2, 0) is 11.3 Å². The van der Waals surface area contributed by atoms with Crippen LogP contribution in [0.15, 0.2) is 0 Å². The molecule has 1 saturated carbocycles. The SMILES string of the molecule is COCc1nsc(NC2CCCC(C)(C)C2)n1. The maximum Gasteiger partial charge on any atom is 0.202 e. The first-order chi connectivity index (χ1) is 8.09. The normalized spacial score (nSPS) is 23.6. The van der Waals surface area contributed by atoms with E-state index in [-0.39, 0.29) is 0 Å². The highest BCUT2D eigenvalue weighted by Gasteiger charge is 2.28. The third-order valence-corrected chi connectivity index (χ3v) is 3.96. The number of aromatic nitrogens is 2. The molecule has 0 aliphatic heterocycles. The summed E-state index contributed by atoms with van der Waals surface area (Å²) < 4.78 is 9.27. The lowest BCUT2D eigenvalue weighted by molar-refractivity contribution is 0.179. The van der Waals surface area contributed by atoms with Gasteiger partial charge in [0.25, 0.3) is 0 Å². The van der Waals surface area contributed by atoms with Crippen molar-refractivity contribution in [3.05, 3.63) is 5.82 Å². The number of nitrogens with one attached hydrogen (secondary N) is 1. The van der Waals surface area contributed by atoms with Crippen LogP contribution in [0.5, 0.6) is 0 Å².